The maximum Gasteiger partial charge on any atom is 0.407 e. The van der Waals surface area contributed by atoms with Crippen molar-refractivity contribution in [3.05, 3.63) is 39.4 Å². The highest BCUT2D eigenvalue weighted by atomic mass is 16.6. The topological polar surface area (TPSA) is 83.7 Å². The molecule has 1 aliphatic heterocycles. The molecule has 1 atom stereocenters. The van der Waals surface area contributed by atoms with Gasteiger partial charge in [-0.3, -0.25) is 10.1 Å². The molecule has 0 fully saturated rings. The summed E-state index contributed by atoms with van der Waals surface area (Å²) < 4.78 is 0. The van der Waals surface area contributed by atoms with Gasteiger partial charge in [0.2, 0.25) is 0 Å². The summed E-state index contributed by atoms with van der Waals surface area (Å²) in [7, 11) is 0. The van der Waals surface area contributed by atoms with Gasteiger partial charge in [-0.2, -0.15) is 0 Å². The number of carboxylic acid groups (broad SMARTS) is 1. The van der Waals surface area contributed by atoms with Gasteiger partial charge < -0.3 is 10.0 Å². The van der Waals surface area contributed by atoms with Crippen molar-refractivity contribution in [1.82, 2.24) is 4.90 Å². The SMILES string of the molecule is CC(C)CC1c2cc([N+](=O)[O-])ccc2CCCN1C(=O)O. The Kier molecular flexibility index (Phi) is 4.45. The molecule has 1 aliphatic rings. The lowest BCUT2D eigenvalue weighted by atomic mass is 9.92. The lowest BCUT2D eigenvalue weighted by Crippen LogP contribution is -2.34. The predicted molar refractivity (Wildman–Crippen MR) is 78.3 cm³/mol. The van der Waals surface area contributed by atoms with E-state index in [-0.39, 0.29) is 11.7 Å². The molecule has 6 nitrogen and oxygen atoms in total. The highest BCUT2D eigenvalue weighted by Crippen LogP contribution is 2.35. The van der Waals surface area contributed by atoms with E-state index in [9.17, 15) is 20.0 Å². The fourth-order valence-electron chi connectivity index (χ4n) is 2.93. The van der Waals surface area contributed by atoms with Crippen molar-refractivity contribution in [3.8, 4) is 0 Å². The van der Waals surface area contributed by atoms with E-state index in [1.165, 1.54) is 11.0 Å². The number of non-ortho nitro benzene ring substituents is 1. The summed E-state index contributed by atoms with van der Waals surface area (Å²) in [4.78, 5) is 23.5. The molecule has 0 saturated heterocycles. The molecule has 1 unspecified atom stereocenters. The molecule has 1 amide bonds. The molecule has 6 heteroatoms. The first-order valence-corrected chi connectivity index (χ1v) is 7.17. The maximum absolute atomic E-state index is 11.5. The minimum absolute atomic E-state index is 0.0229. The Morgan fingerprint density at radius 2 is 2.24 bits per heavy atom. The molecular weight excluding hydrogens is 272 g/mol. The molecule has 1 aromatic carbocycles. The summed E-state index contributed by atoms with van der Waals surface area (Å²) in [5, 5.41) is 20.4. The van der Waals surface area contributed by atoms with Gasteiger partial charge in [0, 0.05) is 18.7 Å². The van der Waals surface area contributed by atoms with Crippen molar-refractivity contribution < 1.29 is 14.8 Å². The number of rotatable bonds is 3. The number of hydrogen-bond acceptors (Lipinski definition) is 3. The molecule has 2 rings (SSSR count). The molecule has 21 heavy (non-hydrogen) atoms. The number of benzene rings is 1. The number of nitro benzene ring substituents is 1. The van der Waals surface area contributed by atoms with E-state index in [1.54, 1.807) is 12.1 Å². The molecule has 0 aromatic heterocycles. The largest absolute Gasteiger partial charge is 0.465 e. The van der Waals surface area contributed by atoms with Crippen LogP contribution in [0.25, 0.3) is 0 Å². The van der Waals surface area contributed by atoms with Gasteiger partial charge in [0.1, 0.15) is 0 Å². The average molecular weight is 292 g/mol. The zero-order valence-corrected chi connectivity index (χ0v) is 12.3. The van der Waals surface area contributed by atoms with Gasteiger partial charge >= 0.3 is 6.09 Å². The second-order valence-corrected chi connectivity index (χ2v) is 5.87. The standard InChI is InChI=1S/C15H20N2O4/c1-10(2)8-14-13-9-12(17(20)21)6-5-11(13)4-3-7-16(14)15(18)19/h5-6,9-10,14H,3-4,7-8H2,1-2H3,(H,18,19). The molecule has 1 heterocycles. The zero-order valence-electron chi connectivity index (χ0n) is 12.3. The number of carbonyl (C=O) groups is 1. The van der Waals surface area contributed by atoms with Crippen LogP contribution < -0.4 is 0 Å². The molecule has 1 N–H and O–H groups in total. The number of hydrogen-bond donors (Lipinski definition) is 1. The Morgan fingerprint density at radius 3 is 2.81 bits per heavy atom. The first-order valence-electron chi connectivity index (χ1n) is 7.17. The molecule has 0 saturated carbocycles. The van der Waals surface area contributed by atoms with Gasteiger partial charge in [-0.15, -0.1) is 0 Å². The Hall–Kier alpha value is -2.11. The summed E-state index contributed by atoms with van der Waals surface area (Å²) in [5.41, 5.74) is 1.84. The third kappa shape index (κ3) is 3.32. The van der Waals surface area contributed by atoms with Crippen LogP contribution in [0.3, 0.4) is 0 Å². The van der Waals surface area contributed by atoms with Crippen LogP contribution in [0, 0.1) is 16.0 Å². The molecule has 114 valence electrons. The van der Waals surface area contributed by atoms with Gasteiger partial charge in [-0.05, 0) is 36.3 Å². The van der Waals surface area contributed by atoms with Crippen LogP contribution in [0.4, 0.5) is 10.5 Å². The molecular formula is C15H20N2O4. The van der Waals surface area contributed by atoms with Crippen LogP contribution in [0.1, 0.15) is 43.9 Å². The Morgan fingerprint density at radius 1 is 1.52 bits per heavy atom. The zero-order chi connectivity index (χ0) is 15.6. The molecule has 1 aromatic rings. The first-order chi connectivity index (χ1) is 9.90. The minimum Gasteiger partial charge on any atom is -0.465 e. The van der Waals surface area contributed by atoms with Crippen molar-refractivity contribution >= 4 is 11.8 Å². The van der Waals surface area contributed by atoms with E-state index < -0.39 is 11.0 Å². The monoisotopic (exact) mass is 292 g/mol. The third-order valence-electron chi connectivity index (χ3n) is 3.86. The minimum atomic E-state index is -0.958. The summed E-state index contributed by atoms with van der Waals surface area (Å²) in [6.45, 7) is 4.53. The second kappa shape index (κ2) is 6.11. The van der Waals surface area contributed by atoms with Crippen molar-refractivity contribution in [2.24, 2.45) is 5.92 Å². The first kappa shape index (κ1) is 15.3. The number of amides is 1. The normalized spacial score (nSPS) is 18.2. The Bertz CT molecular complexity index is 557. The quantitative estimate of drug-likeness (QED) is 0.681. The highest BCUT2D eigenvalue weighted by molar-refractivity contribution is 5.66. The lowest BCUT2D eigenvalue weighted by Gasteiger charge is -2.30. The van der Waals surface area contributed by atoms with Crippen molar-refractivity contribution in [1.29, 1.82) is 0 Å². The number of aryl methyl sites for hydroxylation is 1. The average Bonchev–Trinajstić information content (AvgIpc) is 2.57. The second-order valence-electron chi connectivity index (χ2n) is 5.87. The van der Waals surface area contributed by atoms with Crippen molar-refractivity contribution in [3.63, 3.8) is 0 Å². The van der Waals surface area contributed by atoms with E-state index in [2.05, 4.69) is 0 Å². The van der Waals surface area contributed by atoms with Crippen LogP contribution in [-0.4, -0.2) is 27.6 Å². The van der Waals surface area contributed by atoms with Crippen molar-refractivity contribution in [2.45, 2.75) is 39.2 Å². The van der Waals surface area contributed by atoms with Gasteiger partial charge in [0.05, 0.1) is 11.0 Å². The maximum atomic E-state index is 11.5. The van der Waals surface area contributed by atoms with Crippen molar-refractivity contribution in [2.75, 3.05) is 6.54 Å². The van der Waals surface area contributed by atoms with E-state index in [0.717, 1.165) is 24.0 Å². The lowest BCUT2D eigenvalue weighted by molar-refractivity contribution is -0.385. The molecule has 0 radical (unpaired) electrons. The van der Waals surface area contributed by atoms with Gasteiger partial charge in [0.25, 0.3) is 5.69 Å². The van der Waals surface area contributed by atoms with Crippen LogP contribution in [-0.2, 0) is 6.42 Å². The number of nitro groups is 1. The fourth-order valence-corrected chi connectivity index (χ4v) is 2.93. The van der Waals surface area contributed by atoms with Gasteiger partial charge in [0.15, 0.2) is 0 Å². The van der Waals surface area contributed by atoms with Crippen LogP contribution in [0.15, 0.2) is 18.2 Å². The van der Waals surface area contributed by atoms with E-state index in [0.29, 0.717) is 18.9 Å². The summed E-state index contributed by atoms with van der Waals surface area (Å²) in [6, 6.07) is 4.51. The predicted octanol–water partition coefficient (Wildman–Crippen LogP) is 3.61. The number of nitrogens with zero attached hydrogens (tertiary/aromatic N) is 2. The summed E-state index contributed by atoms with van der Waals surface area (Å²) in [6.07, 6.45) is 1.21. The fraction of sp³-hybridized carbons (Fsp3) is 0.533. The van der Waals surface area contributed by atoms with Gasteiger partial charge in [-0.1, -0.05) is 19.9 Å². The van der Waals surface area contributed by atoms with Gasteiger partial charge in [-0.25, -0.2) is 4.79 Å². The van der Waals surface area contributed by atoms with E-state index in [1.807, 2.05) is 13.8 Å². The van der Waals surface area contributed by atoms with Crippen LogP contribution in [0.2, 0.25) is 0 Å². The molecule has 0 bridgehead atoms. The Labute approximate surface area is 123 Å². The summed E-state index contributed by atoms with van der Waals surface area (Å²) in [5.74, 6) is 0.307. The third-order valence-corrected chi connectivity index (χ3v) is 3.86. The molecule has 0 aliphatic carbocycles. The van der Waals surface area contributed by atoms with E-state index in [4.69, 9.17) is 0 Å². The number of fused-ring (bicyclic) bond motifs is 1. The molecule has 0 spiro atoms. The summed E-state index contributed by atoms with van der Waals surface area (Å²) >= 11 is 0. The smallest absolute Gasteiger partial charge is 0.407 e. The van der Waals surface area contributed by atoms with Crippen LogP contribution in [0.5, 0.6) is 0 Å². The van der Waals surface area contributed by atoms with Crippen LogP contribution >= 0.6 is 0 Å². The van der Waals surface area contributed by atoms with E-state index >= 15 is 0 Å². The Balaban J connectivity index is 2.50. The highest BCUT2D eigenvalue weighted by Gasteiger charge is 2.30.